The molecule has 1 fully saturated rings. The maximum atomic E-state index is 9.52. The Labute approximate surface area is 109 Å². The summed E-state index contributed by atoms with van der Waals surface area (Å²) in [5.74, 6) is 0.942. The van der Waals surface area contributed by atoms with E-state index in [-0.39, 0.29) is 6.10 Å². The number of methoxy groups -OCH3 is 1. The third-order valence-electron chi connectivity index (χ3n) is 4.01. The molecule has 0 saturated heterocycles. The lowest BCUT2D eigenvalue weighted by atomic mass is 9.92. The molecule has 18 heavy (non-hydrogen) atoms. The molecule has 0 heterocycles. The second-order valence-corrected chi connectivity index (χ2v) is 5.22. The van der Waals surface area contributed by atoms with Crippen LogP contribution in [0.2, 0.25) is 0 Å². The fourth-order valence-corrected chi connectivity index (χ4v) is 2.61. The van der Waals surface area contributed by atoms with Crippen LogP contribution in [0.15, 0.2) is 12.1 Å². The highest BCUT2D eigenvalue weighted by atomic mass is 16.5. The van der Waals surface area contributed by atoms with Crippen molar-refractivity contribution in [2.75, 3.05) is 12.4 Å². The zero-order valence-electron chi connectivity index (χ0n) is 11.5. The molecule has 2 N–H and O–H groups in total. The van der Waals surface area contributed by atoms with Crippen molar-refractivity contribution < 1.29 is 9.84 Å². The Hall–Kier alpha value is -1.22. The van der Waals surface area contributed by atoms with Gasteiger partial charge in [-0.15, -0.1) is 0 Å². The van der Waals surface area contributed by atoms with Gasteiger partial charge in [0.25, 0.3) is 0 Å². The summed E-state index contributed by atoms with van der Waals surface area (Å²) < 4.78 is 5.32. The monoisotopic (exact) mass is 249 g/mol. The number of aliphatic hydroxyl groups is 1. The Morgan fingerprint density at radius 1 is 1.11 bits per heavy atom. The van der Waals surface area contributed by atoms with Crippen LogP contribution in [0.5, 0.6) is 5.75 Å². The molecule has 1 aliphatic carbocycles. The molecule has 100 valence electrons. The van der Waals surface area contributed by atoms with Crippen LogP contribution < -0.4 is 10.1 Å². The van der Waals surface area contributed by atoms with E-state index in [1.54, 1.807) is 7.11 Å². The van der Waals surface area contributed by atoms with Crippen molar-refractivity contribution in [3.8, 4) is 5.75 Å². The Kier molecular flexibility index (Phi) is 4.12. The summed E-state index contributed by atoms with van der Waals surface area (Å²) in [6, 6.07) is 4.59. The Morgan fingerprint density at radius 3 is 2.39 bits per heavy atom. The van der Waals surface area contributed by atoms with Gasteiger partial charge in [-0.2, -0.15) is 0 Å². The molecule has 1 saturated carbocycles. The van der Waals surface area contributed by atoms with E-state index in [0.29, 0.717) is 6.04 Å². The summed E-state index contributed by atoms with van der Waals surface area (Å²) >= 11 is 0. The normalized spacial score (nSPS) is 23.8. The zero-order valence-corrected chi connectivity index (χ0v) is 11.5. The summed E-state index contributed by atoms with van der Waals surface area (Å²) in [6.45, 7) is 4.21. The van der Waals surface area contributed by atoms with Crippen LogP contribution in [0.1, 0.15) is 36.8 Å². The molecule has 3 nitrogen and oxygen atoms in total. The first-order valence-electron chi connectivity index (χ1n) is 6.70. The van der Waals surface area contributed by atoms with Gasteiger partial charge in [-0.05, 0) is 62.8 Å². The molecule has 0 radical (unpaired) electrons. The highest BCUT2D eigenvalue weighted by Gasteiger charge is 2.19. The average molecular weight is 249 g/mol. The number of nitrogens with one attached hydrogen (secondary N) is 1. The van der Waals surface area contributed by atoms with Gasteiger partial charge in [0.05, 0.1) is 13.2 Å². The first-order chi connectivity index (χ1) is 8.61. The largest absolute Gasteiger partial charge is 0.496 e. The van der Waals surface area contributed by atoms with Crippen LogP contribution in [0.4, 0.5) is 5.69 Å². The summed E-state index contributed by atoms with van der Waals surface area (Å²) in [5.41, 5.74) is 3.63. The van der Waals surface area contributed by atoms with Crippen molar-refractivity contribution in [1.82, 2.24) is 0 Å². The smallest absolute Gasteiger partial charge is 0.122 e. The number of anilines is 1. The number of ether oxygens (including phenoxy) is 1. The van der Waals surface area contributed by atoms with Gasteiger partial charge in [-0.1, -0.05) is 0 Å². The number of hydrogen-bond acceptors (Lipinski definition) is 3. The van der Waals surface area contributed by atoms with E-state index in [1.165, 1.54) is 16.8 Å². The number of hydrogen-bond donors (Lipinski definition) is 2. The molecule has 1 aromatic carbocycles. The van der Waals surface area contributed by atoms with Gasteiger partial charge in [0, 0.05) is 11.7 Å². The first-order valence-corrected chi connectivity index (χ1v) is 6.70. The van der Waals surface area contributed by atoms with Crippen molar-refractivity contribution in [2.45, 2.75) is 51.7 Å². The van der Waals surface area contributed by atoms with E-state index in [1.807, 2.05) is 6.07 Å². The lowest BCUT2D eigenvalue weighted by molar-refractivity contribution is 0.126. The Morgan fingerprint density at radius 2 is 1.78 bits per heavy atom. The molecule has 0 bridgehead atoms. The average Bonchev–Trinajstić information content (AvgIpc) is 2.38. The van der Waals surface area contributed by atoms with Crippen LogP contribution in [-0.2, 0) is 0 Å². The van der Waals surface area contributed by atoms with Crippen molar-refractivity contribution in [1.29, 1.82) is 0 Å². The third kappa shape index (κ3) is 2.78. The van der Waals surface area contributed by atoms with Crippen LogP contribution in [-0.4, -0.2) is 24.4 Å². The topological polar surface area (TPSA) is 41.5 Å². The summed E-state index contributed by atoms with van der Waals surface area (Å²) in [6.07, 6.45) is 3.82. The molecule has 0 aromatic heterocycles. The van der Waals surface area contributed by atoms with Crippen LogP contribution in [0, 0.1) is 13.8 Å². The molecule has 0 spiro atoms. The molecule has 0 aliphatic heterocycles. The van der Waals surface area contributed by atoms with Gasteiger partial charge in [0.15, 0.2) is 0 Å². The minimum absolute atomic E-state index is 0.0956. The number of rotatable bonds is 3. The van der Waals surface area contributed by atoms with E-state index in [4.69, 9.17) is 4.74 Å². The van der Waals surface area contributed by atoms with E-state index in [2.05, 4.69) is 25.2 Å². The quantitative estimate of drug-likeness (QED) is 0.865. The van der Waals surface area contributed by atoms with Gasteiger partial charge >= 0.3 is 0 Å². The first kappa shape index (κ1) is 13.2. The molecule has 1 aliphatic rings. The van der Waals surface area contributed by atoms with Gasteiger partial charge < -0.3 is 15.2 Å². The lowest BCUT2D eigenvalue weighted by Crippen LogP contribution is -2.28. The molecular weight excluding hydrogens is 226 g/mol. The standard InChI is InChI=1S/C15H23NO2/c1-10-11(2)15(18-3)9-8-14(10)16-12-4-6-13(17)7-5-12/h8-9,12-13,16-17H,4-7H2,1-3H3. The minimum atomic E-state index is -0.0956. The number of benzene rings is 1. The van der Waals surface area contributed by atoms with Crippen molar-refractivity contribution in [2.24, 2.45) is 0 Å². The van der Waals surface area contributed by atoms with Crippen molar-refractivity contribution in [3.63, 3.8) is 0 Å². The minimum Gasteiger partial charge on any atom is -0.496 e. The van der Waals surface area contributed by atoms with Crippen LogP contribution in [0.3, 0.4) is 0 Å². The molecule has 3 heteroatoms. The predicted molar refractivity (Wildman–Crippen MR) is 74.4 cm³/mol. The number of aliphatic hydroxyl groups excluding tert-OH is 1. The van der Waals surface area contributed by atoms with E-state index in [9.17, 15) is 5.11 Å². The summed E-state index contributed by atoms with van der Waals surface area (Å²) in [4.78, 5) is 0. The van der Waals surface area contributed by atoms with Gasteiger partial charge in [0.2, 0.25) is 0 Å². The maximum Gasteiger partial charge on any atom is 0.122 e. The van der Waals surface area contributed by atoms with Crippen LogP contribution in [0.25, 0.3) is 0 Å². The summed E-state index contributed by atoms with van der Waals surface area (Å²) in [7, 11) is 1.71. The second kappa shape index (κ2) is 5.61. The van der Waals surface area contributed by atoms with Gasteiger partial charge in [-0.3, -0.25) is 0 Å². The molecular formula is C15H23NO2. The van der Waals surface area contributed by atoms with E-state index >= 15 is 0 Å². The third-order valence-corrected chi connectivity index (χ3v) is 4.01. The van der Waals surface area contributed by atoms with Crippen LogP contribution >= 0.6 is 0 Å². The van der Waals surface area contributed by atoms with Crippen molar-refractivity contribution >= 4 is 5.69 Å². The zero-order chi connectivity index (χ0) is 13.1. The second-order valence-electron chi connectivity index (χ2n) is 5.22. The molecule has 0 atom stereocenters. The van der Waals surface area contributed by atoms with E-state index < -0.39 is 0 Å². The molecule has 2 rings (SSSR count). The predicted octanol–water partition coefficient (Wildman–Crippen LogP) is 3.03. The fourth-order valence-electron chi connectivity index (χ4n) is 2.61. The fraction of sp³-hybridized carbons (Fsp3) is 0.600. The molecule has 0 unspecified atom stereocenters. The van der Waals surface area contributed by atoms with Crippen molar-refractivity contribution in [3.05, 3.63) is 23.3 Å². The van der Waals surface area contributed by atoms with Gasteiger partial charge in [0.1, 0.15) is 5.75 Å². The van der Waals surface area contributed by atoms with Gasteiger partial charge in [-0.25, -0.2) is 0 Å². The molecule has 1 aromatic rings. The summed E-state index contributed by atoms with van der Waals surface area (Å²) in [5, 5.41) is 13.1. The SMILES string of the molecule is COc1ccc(NC2CCC(O)CC2)c(C)c1C. The molecule has 0 amide bonds. The lowest BCUT2D eigenvalue weighted by Gasteiger charge is -2.28. The highest BCUT2D eigenvalue weighted by Crippen LogP contribution is 2.29. The van der Waals surface area contributed by atoms with E-state index in [0.717, 1.165) is 31.4 Å². The highest BCUT2D eigenvalue weighted by molar-refractivity contribution is 5.58. The maximum absolute atomic E-state index is 9.52. The Bertz CT molecular complexity index is 409. The Balaban J connectivity index is 2.08.